The van der Waals surface area contributed by atoms with Crippen LogP contribution in [0.5, 0.6) is 0 Å². The lowest BCUT2D eigenvalue weighted by Crippen LogP contribution is -2.43. The zero-order valence-corrected chi connectivity index (χ0v) is 18.6. The number of aromatic amines is 1. The van der Waals surface area contributed by atoms with Gasteiger partial charge >= 0.3 is 0 Å². The minimum atomic E-state index is -0.461. The number of nitrogens with zero attached hydrogens (tertiary/aromatic N) is 1. The molecular formula is C28H29N3O2. The predicted molar refractivity (Wildman–Crippen MR) is 131 cm³/mol. The normalized spacial score (nSPS) is 16.5. The Bertz CT molecular complexity index is 1180. The van der Waals surface area contributed by atoms with Crippen LogP contribution in [-0.2, 0) is 4.74 Å². The van der Waals surface area contributed by atoms with E-state index in [1.165, 1.54) is 5.56 Å². The van der Waals surface area contributed by atoms with Crippen LogP contribution in [-0.4, -0.2) is 48.5 Å². The van der Waals surface area contributed by atoms with E-state index in [-0.39, 0.29) is 11.8 Å². The van der Waals surface area contributed by atoms with E-state index < -0.39 is 6.04 Å². The summed E-state index contributed by atoms with van der Waals surface area (Å²) in [4.78, 5) is 19.6. The first kappa shape index (κ1) is 21.6. The Morgan fingerprint density at radius 2 is 1.52 bits per heavy atom. The van der Waals surface area contributed by atoms with Gasteiger partial charge in [-0.25, -0.2) is 0 Å². The second kappa shape index (κ2) is 10.1. The fourth-order valence-corrected chi connectivity index (χ4v) is 4.58. The molecule has 2 heterocycles. The molecule has 4 aromatic rings. The highest BCUT2D eigenvalue weighted by atomic mass is 16.5. The number of ether oxygens (including phenoxy) is 1. The number of Topliss-reactive ketones (excluding diaryl/α,β-unsaturated/α-hetero) is 1. The summed E-state index contributed by atoms with van der Waals surface area (Å²) in [5.41, 5.74) is 3.83. The van der Waals surface area contributed by atoms with E-state index in [1.54, 1.807) is 0 Å². The Morgan fingerprint density at radius 1 is 0.879 bits per heavy atom. The van der Waals surface area contributed by atoms with Crippen LogP contribution in [0, 0.1) is 0 Å². The van der Waals surface area contributed by atoms with Crippen molar-refractivity contribution < 1.29 is 9.53 Å². The van der Waals surface area contributed by atoms with Crippen LogP contribution in [0.4, 0.5) is 0 Å². The van der Waals surface area contributed by atoms with Crippen LogP contribution in [0.2, 0.25) is 0 Å². The number of rotatable bonds is 8. The molecule has 168 valence electrons. The van der Waals surface area contributed by atoms with Gasteiger partial charge in [0.25, 0.3) is 0 Å². The minimum Gasteiger partial charge on any atom is -0.379 e. The average molecular weight is 440 g/mol. The molecule has 0 bridgehead atoms. The average Bonchev–Trinajstić information content (AvgIpc) is 3.32. The number of carbonyl (C=O) groups is 1. The molecule has 0 radical (unpaired) electrons. The van der Waals surface area contributed by atoms with E-state index in [4.69, 9.17) is 4.74 Å². The van der Waals surface area contributed by atoms with Gasteiger partial charge in [0.15, 0.2) is 5.78 Å². The molecule has 5 rings (SSSR count). The van der Waals surface area contributed by atoms with Crippen molar-refractivity contribution in [2.75, 3.05) is 32.8 Å². The van der Waals surface area contributed by atoms with Crippen LogP contribution in [0.15, 0.2) is 91.1 Å². The van der Waals surface area contributed by atoms with Crippen molar-refractivity contribution in [1.29, 1.82) is 0 Å². The Hall–Kier alpha value is -3.25. The van der Waals surface area contributed by atoms with E-state index >= 15 is 0 Å². The Kier molecular flexibility index (Phi) is 6.63. The number of fused-ring (bicyclic) bond motifs is 1. The number of para-hydroxylation sites is 1. The summed E-state index contributed by atoms with van der Waals surface area (Å²) in [5, 5.41) is 4.69. The van der Waals surface area contributed by atoms with E-state index in [0.717, 1.165) is 49.3 Å². The molecular weight excluding hydrogens is 410 g/mol. The molecule has 0 aliphatic carbocycles. The third-order valence-electron chi connectivity index (χ3n) is 6.36. The van der Waals surface area contributed by atoms with E-state index in [2.05, 4.69) is 39.5 Å². The summed E-state index contributed by atoms with van der Waals surface area (Å²) < 4.78 is 5.55. The molecule has 1 saturated heterocycles. The molecule has 0 spiro atoms. The number of ketones is 1. The van der Waals surface area contributed by atoms with Gasteiger partial charge in [0.1, 0.15) is 0 Å². The third kappa shape index (κ3) is 4.91. The van der Waals surface area contributed by atoms with Gasteiger partial charge in [0.2, 0.25) is 0 Å². The van der Waals surface area contributed by atoms with Crippen LogP contribution >= 0.6 is 0 Å². The van der Waals surface area contributed by atoms with Crippen molar-refractivity contribution in [2.24, 2.45) is 0 Å². The van der Waals surface area contributed by atoms with Crippen molar-refractivity contribution in [3.63, 3.8) is 0 Å². The van der Waals surface area contributed by atoms with Gasteiger partial charge in [0.05, 0.1) is 19.3 Å². The summed E-state index contributed by atoms with van der Waals surface area (Å²) in [7, 11) is 0. The number of H-pyrrole nitrogens is 1. The Labute approximate surface area is 194 Å². The summed E-state index contributed by atoms with van der Waals surface area (Å²) in [6, 6.07) is 27.9. The second-order valence-corrected chi connectivity index (χ2v) is 8.50. The van der Waals surface area contributed by atoms with Crippen molar-refractivity contribution in [3.8, 4) is 0 Å². The molecule has 1 aliphatic rings. The molecule has 5 heteroatoms. The molecule has 1 aliphatic heterocycles. The maximum Gasteiger partial charge on any atom is 0.186 e. The largest absolute Gasteiger partial charge is 0.379 e. The molecule has 33 heavy (non-hydrogen) atoms. The van der Waals surface area contributed by atoms with Gasteiger partial charge < -0.3 is 9.72 Å². The lowest BCUT2D eigenvalue weighted by molar-refractivity contribution is 0.0326. The van der Waals surface area contributed by atoms with Gasteiger partial charge in [-0.2, -0.15) is 0 Å². The minimum absolute atomic E-state index is 0.00339. The quantitative estimate of drug-likeness (QED) is 0.389. The van der Waals surface area contributed by atoms with Crippen LogP contribution in [0.25, 0.3) is 10.9 Å². The molecule has 1 fully saturated rings. The SMILES string of the molecule is O=C(c1c[nH]c2ccccc12)[C@@H](N[C@@H](CN1CCOCC1)c1ccccc1)c1ccccc1. The number of hydrogen-bond donors (Lipinski definition) is 2. The maximum atomic E-state index is 14.0. The van der Waals surface area contributed by atoms with E-state index in [1.807, 2.05) is 66.9 Å². The molecule has 0 saturated carbocycles. The summed E-state index contributed by atoms with van der Waals surface area (Å²) >= 11 is 0. The smallest absolute Gasteiger partial charge is 0.186 e. The molecule has 0 amide bonds. The van der Waals surface area contributed by atoms with Crippen molar-refractivity contribution >= 4 is 16.7 Å². The fraction of sp³-hybridized carbons (Fsp3) is 0.250. The lowest BCUT2D eigenvalue weighted by Gasteiger charge is -2.33. The van der Waals surface area contributed by atoms with Gasteiger partial charge in [-0.05, 0) is 17.2 Å². The molecule has 2 atom stereocenters. The second-order valence-electron chi connectivity index (χ2n) is 8.50. The van der Waals surface area contributed by atoms with E-state index in [9.17, 15) is 4.79 Å². The first-order chi connectivity index (χ1) is 16.3. The molecule has 5 nitrogen and oxygen atoms in total. The zero-order valence-electron chi connectivity index (χ0n) is 18.6. The predicted octanol–water partition coefficient (Wildman–Crippen LogP) is 4.76. The maximum absolute atomic E-state index is 14.0. The highest BCUT2D eigenvalue weighted by Crippen LogP contribution is 2.28. The number of aromatic nitrogens is 1. The Morgan fingerprint density at radius 3 is 2.24 bits per heavy atom. The van der Waals surface area contributed by atoms with Gasteiger partial charge in [-0.3, -0.25) is 15.0 Å². The monoisotopic (exact) mass is 439 g/mol. The van der Waals surface area contributed by atoms with Crippen LogP contribution in [0.3, 0.4) is 0 Å². The fourth-order valence-electron chi connectivity index (χ4n) is 4.58. The highest BCUT2D eigenvalue weighted by Gasteiger charge is 2.28. The van der Waals surface area contributed by atoms with Gasteiger partial charge in [-0.1, -0.05) is 78.9 Å². The van der Waals surface area contributed by atoms with Crippen LogP contribution < -0.4 is 5.32 Å². The number of morpholine rings is 1. The third-order valence-corrected chi connectivity index (χ3v) is 6.36. The molecule has 3 aromatic carbocycles. The first-order valence-electron chi connectivity index (χ1n) is 11.6. The standard InChI is InChI=1S/C28H29N3O2/c32-28(24-19-29-25-14-8-7-13-23(24)25)27(22-11-5-2-6-12-22)30-26(21-9-3-1-4-10-21)20-31-15-17-33-18-16-31/h1-14,19,26-27,29-30H,15-18,20H2/t26-,27-/m0/s1. The molecule has 2 N–H and O–H groups in total. The lowest BCUT2D eigenvalue weighted by atomic mass is 9.95. The van der Waals surface area contributed by atoms with Crippen molar-refractivity contribution in [2.45, 2.75) is 12.1 Å². The summed E-state index contributed by atoms with van der Waals surface area (Å²) in [6.45, 7) is 4.11. The molecule has 1 aromatic heterocycles. The Balaban J connectivity index is 1.50. The number of nitrogens with one attached hydrogen (secondary N) is 2. The molecule has 0 unspecified atom stereocenters. The van der Waals surface area contributed by atoms with Crippen molar-refractivity contribution in [3.05, 3.63) is 108 Å². The van der Waals surface area contributed by atoms with Gasteiger partial charge in [-0.15, -0.1) is 0 Å². The summed E-state index contributed by atoms with van der Waals surface area (Å²) in [5.74, 6) is 0.0709. The number of benzene rings is 3. The zero-order chi connectivity index (χ0) is 22.5. The summed E-state index contributed by atoms with van der Waals surface area (Å²) in [6.07, 6.45) is 1.84. The van der Waals surface area contributed by atoms with E-state index in [0.29, 0.717) is 5.56 Å². The van der Waals surface area contributed by atoms with Gasteiger partial charge in [0, 0.05) is 48.3 Å². The van der Waals surface area contributed by atoms with Crippen LogP contribution in [0.1, 0.15) is 33.6 Å². The highest BCUT2D eigenvalue weighted by molar-refractivity contribution is 6.10. The topological polar surface area (TPSA) is 57.4 Å². The number of carbonyl (C=O) groups excluding carboxylic acids is 1. The first-order valence-corrected chi connectivity index (χ1v) is 11.6. The number of hydrogen-bond acceptors (Lipinski definition) is 4. The van der Waals surface area contributed by atoms with Crippen molar-refractivity contribution in [1.82, 2.24) is 15.2 Å².